The van der Waals surface area contributed by atoms with E-state index in [1.165, 1.54) is 12.8 Å². The molecule has 1 aromatic heterocycles. The molecule has 1 saturated carbocycles. The summed E-state index contributed by atoms with van der Waals surface area (Å²) in [5.41, 5.74) is -0.0941. The fourth-order valence-electron chi connectivity index (χ4n) is 2.33. The van der Waals surface area contributed by atoms with Gasteiger partial charge in [-0.05, 0) is 31.3 Å². The fourth-order valence-corrected chi connectivity index (χ4v) is 2.90. The lowest BCUT2D eigenvalue weighted by Gasteiger charge is -2.26. The average molecular weight is 269 g/mol. The predicted molar refractivity (Wildman–Crippen MR) is 69.6 cm³/mol. The third-order valence-corrected chi connectivity index (χ3v) is 4.30. The van der Waals surface area contributed by atoms with Gasteiger partial charge in [0, 0.05) is 6.54 Å². The summed E-state index contributed by atoms with van der Waals surface area (Å²) >= 11 is 1.09. The number of amides is 1. The lowest BCUT2D eigenvalue weighted by Crippen LogP contribution is -2.42. The number of nitrogens with zero attached hydrogens (tertiary/aromatic N) is 2. The lowest BCUT2D eigenvalue weighted by molar-refractivity contribution is 0.0247. The Morgan fingerprint density at radius 2 is 2.06 bits per heavy atom. The van der Waals surface area contributed by atoms with Gasteiger partial charge in [-0.25, -0.2) is 0 Å². The van der Waals surface area contributed by atoms with E-state index in [1.54, 1.807) is 6.92 Å². The summed E-state index contributed by atoms with van der Waals surface area (Å²) in [6, 6.07) is 0. The maximum absolute atomic E-state index is 11.9. The number of hydrogen-bond donors (Lipinski definition) is 2. The van der Waals surface area contributed by atoms with E-state index in [9.17, 15) is 9.90 Å². The van der Waals surface area contributed by atoms with Crippen molar-refractivity contribution >= 4 is 17.4 Å². The van der Waals surface area contributed by atoms with E-state index in [4.69, 9.17) is 0 Å². The Hall–Kier alpha value is -1.01. The molecule has 0 bridgehead atoms. The van der Waals surface area contributed by atoms with Crippen LogP contribution in [0.1, 0.15) is 53.9 Å². The second kappa shape index (κ2) is 5.75. The molecule has 0 radical (unpaired) electrons. The van der Waals surface area contributed by atoms with Gasteiger partial charge in [0.25, 0.3) is 5.91 Å². The zero-order chi connectivity index (χ0) is 13.0. The molecule has 0 spiro atoms. The molecule has 0 atom stereocenters. The maximum Gasteiger partial charge on any atom is 0.265 e. The van der Waals surface area contributed by atoms with Crippen LogP contribution < -0.4 is 5.32 Å². The van der Waals surface area contributed by atoms with Crippen LogP contribution in [0.25, 0.3) is 0 Å². The van der Waals surface area contributed by atoms with Crippen LogP contribution in [0.4, 0.5) is 0 Å². The molecule has 2 rings (SSSR count). The van der Waals surface area contributed by atoms with E-state index < -0.39 is 5.60 Å². The highest BCUT2D eigenvalue weighted by molar-refractivity contribution is 7.07. The monoisotopic (exact) mass is 269 g/mol. The lowest BCUT2D eigenvalue weighted by atomic mass is 9.94. The number of rotatable bonds is 3. The molecule has 0 aromatic carbocycles. The normalized spacial score (nSPS) is 19.2. The first-order valence-corrected chi connectivity index (χ1v) is 7.18. The molecule has 0 aliphatic heterocycles. The summed E-state index contributed by atoms with van der Waals surface area (Å²) in [5, 5.41) is 17.0. The zero-order valence-electron chi connectivity index (χ0n) is 10.6. The number of nitrogens with one attached hydrogen (secondary N) is 1. The van der Waals surface area contributed by atoms with Crippen molar-refractivity contribution in [2.75, 3.05) is 6.54 Å². The summed E-state index contributed by atoms with van der Waals surface area (Å²) in [5.74, 6) is -0.180. The maximum atomic E-state index is 11.9. The molecular weight excluding hydrogens is 250 g/mol. The first-order chi connectivity index (χ1) is 8.61. The largest absolute Gasteiger partial charge is 0.388 e. The molecule has 1 aromatic rings. The van der Waals surface area contributed by atoms with Crippen LogP contribution in [0.15, 0.2) is 0 Å². The topological polar surface area (TPSA) is 75.1 Å². The molecule has 0 saturated heterocycles. The van der Waals surface area contributed by atoms with Crippen LogP contribution in [-0.4, -0.2) is 32.7 Å². The van der Waals surface area contributed by atoms with Gasteiger partial charge in [0.1, 0.15) is 4.88 Å². The third-order valence-electron chi connectivity index (χ3n) is 3.47. The van der Waals surface area contributed by atoms with Crippen LogP contribution in [0.2, 0.25) is 0 Å². The van der Waals surface area contributed by atoms with Gasteiger partial charge in [0.2, 0.25) is 0 Å². The zero-order valence-corrected chi connectivity index (χ0v) is 11.4. The number of aliphatic hydroxyl groups is 1. The van der Waals surface area contributed by atoms with Gasteiger partial charge in [-0.2, -0.15) is 0 Å². The Kier molecular flexibility index (Phi) is 4.29. The predicted octanol–water partition coefficient (Wildman–Crippen LogP) is 1.66. The number of carbonyl (C=O) groups is 1. The number of aromatic nitrogens is 2. The quantitative estimate of drug-likeness (QED) is 0.818. The minimum absolute atomic E-state index is 0.180. The van der Waals surface area contributed by atoms with E-state index in [0.717, 1.165) is 37.2 Å². The fraction of sp³-hybridized carbons (Fsp3) is 0.750. The molecular formula is C12H19N3O2S. The number of carbonyl (C=O) groups excluding carboxylic acids is 1. The third kappa shape index (κ3) is 3.26. The summed E-state index contributed by atoms with van der Waals surface area (Å²) in [7, 11) is 0. The molecule has 1 heterocycles. The van der Waals surface area contributed by atoms with Crippen molar-refractivity contribution < 1.29 is 9.90 Å². The second-order valence-electron chi connectivity index (χ2n) is 5.01. The van der Waals surface area contributed by atoms with Crippen molar-refractivity contribution in [3.63, 3.8) is 0 Å². The van der Waals surface area contributed by atoms with Crippen LogP contribution in [0.5, 0.6) is 0 Å². The summed E-state index contributed by atoms with van der Waals surface area (Å²) in [6.07, 6.45) is 5.96. The first-order valence-electron chi connectivity index (χ1n) is 6.40. The number of aryl methyl sites for hydroxylation is 1. The van der Waals surface area contributed by atoms with E-state index >= 15 is 0 Å². The molecule has 5 nitrogen and oxygen atoms in total. The Balaban J connectivity index is 1.90. The highest BCUT2D eigenvalue weighted by Crippen LogP contribution is 2.26. The first kappa shape index (κ1) is 13.4. The van der Waals surface area contributed by atoms with Gasteiger partial charge in [-0.3, -0.25) is 4.79 Å². The van der Waals surface area contributed by atoms with Gasteiger partial charge < -0.3 is 10.4 Å². The summed E-state index contributed by atoms with van der Waals surface area (Å²) < 4.78 is 3.74. The summed E-state index contributed by atoms with van der Waals surface area (Å²) in [6.45, 7) is 2.09. The molecule has 100 valence electrons. The smallest absolute Gasteiger partial charge is 0.265 e. The Morgan fingerprint density at radius 3 is 2.61 bits per heavy atom. The van der Waals surface area contributed by atoms with Gasteiger partial charge in [0.15, 0.2) is 0 Å². The molecule has 1 aliphatic rings. The highest BCUT2D eigenvalue weighted by atomic mass is 32.1. The van der Waals surface area contributed by atoms with Crippen molar-refractivity contribution in [2.45, 2.75) is 51.0 Å². The van der Waals surface area contributed by atoms with Crippen molar-refractivity contribution in [1.29, 1.82) is 0 Å². The number of hydrogen-bond acceptors (Lipinski definition) is 5. The van der Waals surface area contributed by atoms with Crippen LogP contribution in [-0.2, 0) is 0 Å². The minimum Gasteiger partial charge on any atom is -0.388 e. The molecule has 6 heteroatoms. The van der Waals surface area contributed by atoms with Gasteiger partial charge in [-0.15, -0.1) is 5.10 Å². The van der Waals surface area contributed by atoms with E-state index in [2.05, 4.69) is 14.9 Å². The molecule has 2 N–H and O–H groups in total. The molecule has 18 heavy (non-hydrogen) atoms. The van der Waals surface area contributed by atoms with E-state index in [1.807, 2.05) is 0 Å². The molecule has 0 unspecified atom stereocenters. The Bertz CT molecular complexity index is 411. The molecule has 1 amide bonds. The van der Waals surface area contributed by atoms with Crippen LogP contribution in [0, 0.1) is 6.92 Å². The Labute approximate surface area is 111 Å². The highest BCUT2D eigenvalue weighted by Gasteiger charge is 2.28. The van der Waals surface area contributed by atoms with E-state index in [-0.39, 0.29) is 5.91 Å². The van der Waals surface area contributed by atoms with Crippen LogP contribution in [0.3, 0.4) is 0 Å². The summed E-state index contributed by atoms with van der Waals surface area (Å²) in [4.78, 5) is 12.4. The van der Waals surface area contributed by atoms with Crippen molar-refractivity contribution in [1.82, 2.24) is 14.9 Å². The molecule has 1 aliphatic carbocycles. The van der Waals surface area contributed by atoms with Crippen LogP contribution >= 0.6 is 11.5 Å². The molecule has 1 fully saturated rings. The SMILES string of the molecule is Cc1nnsc1C(=O)NCC1(O)CCCCCC1. The Morgan fingerprint density at radius 1 is 1.39 bits per heavy atom. The standard InChI is InChI=1S/C12H19N3O2S/c1-9-10(18-15-14-9)11(16)13-8-12(17)6-4-2-3-5-7-12/h17H,2-8H2,1H3,(H,13,16). The van der Waals surface area contributed by atoms with Gasteiger partial charge in [0.05, 0.1) is 11.3 Å². The average Bonchev–Trinajstić information content (AvgIpc) is 2.65. The van der Waals surface area contributed by atoms with Gasteiger partial charge in [-0.1, -0.05) is 30.2 Å². The van der Waals surface area contributed by atoms with Crippen molar-refractivity contribution in [3.05, 3.63) is 10.6 Å². The van der Waals surface area contributed by atoms with Crippen molar-refractivity contribution in [2.24, 2.45) is 0 Å². The van der Waals surface area contributed by atoms with Gasteiger partial charge >= 0.3 is 0 Å². The van der Waals surface area contributed by atoms with Crippen molar-refractivity contribution in [3.8, 4) is 0 Å². The minimum atomic E-state index is -0.738. The second-order valence-corrected chi connectivity index (χ2v) is 5.76. The van der Waals surface area contributed by atoms with E-state index in [0.29, 0.717) is 17.1 Å².